The molecule has 0 amide bonds. The van der Waals surface area contributed by atoms with Gasteiger partial charge in [0.25, 0.3) is 0 Å². The molecule has 2 aromatic rings. The summed E-state index contributed by atoms with van der Waals surface area (Å²) < 4.78 is 32.8. The lowest BCUT2D eigenvalue weighted by molar-refractivity contribution is -0.150. The monoisotopic (exact) mass is 435 g/mol. The van der Waals surface area contributed by atoms with Crippen LogP contribution in [0.3, 0.4) is 0 Å². The smallest absolute Gasteiger partial charge is 0.324 e. The largest absolute Gasteiger partial charge is 0.460 e. The lowest BCUT2D eigenvalue weighted by Gasteiger charge is -2.33. The van der Waals surface area contributed by atoms with E-state index in [4.69, 9.17) is 16.3 Å². The minimum absolute atomic E-state index is 0.0177. The Morgan fingerprint density at radius 3 is 2.45 bits per heavy atom. The molecule has 1 aliphatic rings. The fraction of sp³-hybridized carbons (Fsp3) is 0.333. The molecule has 8 heteroatoms. The predicted octanol–water partition coefficient (Wildman–Crippen LogP) is 3.83. The maximum atomic E-state index is 13.1. The number of rotatable bonds is 6. The van der Waals surface area contributed by atoms with Crippen LogP contribution in [0.2, 0.25) is 5.02 Å². The van der Waals surface area contributed by atoms with Crippen LogP contribution < -0.4 is 0 Å². The van der Waals surface area contributed by atoms with E-state index in [0.29, 0.717) is 29.0 Å². The van der Waals surface area contributed by atoms with E-state index in [1.165, 1.54) is 35.5 Å². The molecule has 0 spiro atoms. The molecule has 1 aliphatic heterocycles. The van der Waals surface area contributed by atoms with Crippen molar-refractivity contribution in [2.45, 2.75) is 43.7 Å². The summed E-state index contributed by atoms with van der Waals surface area (Å²) in [5, 5.41) is 0.485. The van der Waals surface area contributed by atoms with Gasteiger partial charge in [-0.15, -0.1) is 0 Å². The van der Waals surface area contributed by atoms with E-state index in [-0.39, 0.29) is 23.8 Å². The van der Waals surface area contributed by atoms with Crippen LogP contribution >= 0.6 is 11.6 Å². The molecule has 0 bridgehead atoms. The Bertz CT molecular complexity index is 1000. The topological polar surface area (TPSA) is 80.8 Å². The Morgan fingerprint density at radius 2 is 1.79 bits per heavy atom. The molecule has 6 nitrogen and oxygen atoms in total. The molecule has 0 radical (unpaired) electrons. The molecule has 1 unspecified atom stereocenters. The molecule has 1 saturated heterocycles. The van der Waals surface area contributed by atoms with Crippen molar-refractivity contribution in [2.75, 3.05) is 6.54 Å². The Labute approximate surface area is 175 Å². The first-order chi connectivity index (χ1) is 13.8. The number of Topliss-reactive ketones (excluding diaryl/α,β-unsaturated/α-hetero) is 1. The van der Waals surface area contributed by atoms with Gasteiger partial charge in [-0.2, -0.15) is 4.31 Å². The first-order valence-corrected chi connectivity index (χ1v) is 11.2. The number of ether oxygens (including phenoxy) is 1. The number of carbonyl (C=O) groups excluding carboxylic acids is 2. The van der Waals surface area contributed by atoms with Crippen LogP contribution in [0.5, 0.6) is 0 Å². The normalized spacial score (nSPS) is 17.7. The number of sulfonamides is 1. The first-order valence-electron chi connectivity index (χ1n) is 9.33. The molecule has 0 saturated carbocycles. The highest BCUT2D eigenvalue weighted by Crippen LogP contribution is 2.27. The highest BCUT2D eigenvalue weighted by molar-refractivity contribution is 7.89. The number of ketones is 1. The van der Waals surface area contributed by atoms with Crippen molar-refractivity contribution >= 4 is 33.4 Å². The van der Waals surface area contributed by atoms with Gasteiger partial charge in [-0.05, 0) is 44.4 Å². The van der Waals surface area contributed by atoms with Crippen molar-refractivity contribution in [1.29, 1.82) is 0 Å². The van der Waals surface area contributed by atoms with Crippen LogP contribution in [0.15, 0.2) is 53.4 Å². The van der Waals surface area contributed by atoms with Crippen LogP contribution in [-0.4, -0.2) is 37.1 Å². The summed E-state index contributed by atoms with van der Waals surface area (Å²) in [6, 6.07) is 11.9. The predicted molar refractivity (Wildman–Crippen MR) is 109 cm³/mol. The van der Waals surface area contributed by atoms with Crippen molar-refractivity contribution in [3.63, 3.8) is 0 Å². The van der Waals surface area contributed by atoms with E-state index in [1.54, 1.807) is 24.3 Å². The van der Waals surface area contributed by atoms with Gasteiger partial charge in [0.2, 0.25) is 10.0 Å². The number of esters is 1. The van der Waals surface area contributed by atoms with E-state index in [0.717, 1.165) is 6.42 Å². The maximum Gasteiger partial charge on any atom is 0.324 e. The number of benzene rings is 2. The number of carbonyl (C=O) groups is 2. The van der Waals surface area contributed by atoms with Crippen molar-refractivity contribution in [2.24, 2.45) is 0 Å². The summed E-state index contributed by atoms with van der Waals surface area (Å²) in [5.41, 5.74) is 1.09. The Morgan fingerprint density at radius 1 is 1.10 bits per heavy atom. The lowest BCUT2D eigenvalue weighted by atomic mass is 10.1. The second kappa shape index (κ2) is 9.07. The standard InChI is InChI=1S/C21H22ClNO5S/c1-15(24)16-9-11-18(12-10-16)29(26,27)23-13-5-4-8-20(23)21(25)28-14-17-6-2-3-7-19(17)22/h2-3,6-7,9-12,20H,4-5,8,13-14H2,1H3. The van der Waals surface area contributed by atoms with Crippen molar-refractivity contribution in [1.82, 2.24) is 4.31 Å². The molecule has 2 aromatic carbocycles. The molecular formula is C21H22ClNO5S. The highest BCUT2D eigenvalue weighted by Gasteiger charge is 2.38. The summed E-state index contributed by atoms with van der Waals surface area (Å²) >= 11 is 6.09. The van der Waals surface area contributed by atoms with Gasteiger partial charge >= 0.3 is 5.97 Å². The van der Waals surface area contributed by atoms with Gasteiger partial charge in [-0.3, -0.25) is 9.59 Å². The second-order valence-corrected chi connectivity index (χ2v) is 9.20. The second-order valence-electron chi connectivity index (χ2n) is 6.91. The van der Waals surface area contributed by atoms with Gasteiger partial charge in [-0.1, -0.05) is 41.9 Å². The van der Waals surface area contributed by atoms with E-state index < -0.39 is 22.0 Å². The number of piperidine rings is 1. The van der Waals surface area contributed by atoms with Crippen molar-refractivity contribution in [3.05, 3.63) is 64.7 Å². The SMILES string of the molecule is CC(=O)c1ccc(S(=O)(=O)N2CCCCC2C(=O)OCc2ccccc2Cl)cc1. The van der Waals surface area contributed by atoms with Crippen LogP contribution in [0.1, 0.15) is 42.1 Å². The third-order valence-electron chi connectivity index (χ3n) is 4.92. The summed E-state index contributed by atoms with van der Waals surface area (Å²) in [7, 11) is -3.89. The quantitative estimate of drug-likeness (QED) is 0.508. The fourth-order valence-corrected chi connectivity index (χ4v) is 5.12. The Kier molecular flexibility index (Phi) is 6.72. The van der Waals surface area contributed by atoms with Gasteiger partial charge in [0.15, 0.2) is 5.78 Å². The molecule has 1 fully saturated rings. The van der Waals surface area contributed by atoms with Gasteiger partial charge in [0.05, 0.1) is 4.90 Å². The van der Waals surface area contributed by atoms with Gasteiger partial charge in [0.1, 0.15) is 12.6 Å². The number of hydrogen-bond donors (Lipinski definition) is 0. The zero-order valence-corrected chi connectivity index (χ0v) is 17.6. The average molecular weight is 436 g/mol. The maximum absolute atomic E-state index is 13.1. The van der Waals surface area contributed by atoms with Gasteiger partial charge in [0, 0.05) is 22.7 Å². The zero-order chi connectivity index (χ0) is 21.0. The molecule has 0 aliphatic carbocycles. The third-order valence-corrected chi connectivity index (χ3v) is 7.21. The minimum Gasteiger partial charge on any atom is -0.460 e. The Balaban J connectivity index is 1.78. The summed E-state index contributed by atoms with van der Waals surface area (Å²) in [6.07, 6.45) is 1.80. The molecule has 0 aromatic heterocycles. The summed E-state index contributed by atoms with van der Waals surface area (Å²) in [4.78, 5) is 24.2. The van der Waals surface area contributed by atoms with Gasteiger partial charge in [-0.25, -0.2) is 8.42 Å². The van der Waals surface area contributed by atoms with Crippen LogP contribution in [0.4, 0.5) is 0 Å². The van der Waals surface area contributed by atoms with Gasteiger partial charge < -0.3 is 4.74 Å². The minimum atomic E-state index is -3.89. The molecule has 154 valence electrons. The van der Waals surface area contributed by atoms with E-state index in [1.807, 2.05) is 0 Å². The summed E-state index contributed by atoms with van der Waals surface area (Å²) in [5.74, 6) is -0.735. The lowest BCUT2D eigenvalue weighted by Crippen LogP contribution is -2.48. The first kappa shape index (κ1) is 21.5. The number of nitrogens with zero attached hydrogens (tertiary/aromatic N) is 1. The average Bonchev–Trinajstić information content (AvgIpc) is 2.73. The molecule has 1 heterocycles. The van der Waals surface area contributed by atoms with E-state index in [2.05, 4.69) is 0 Å². The molecule has 3 rings (SSSR count). The molecular weight excluding hydrogens is 414 g/mol. The zero-order valence-electron chi connectivity index (χ0n) is 16.0. The van der Waals surface area contributed by atoms with Crippen LogP contribution in [-0.2, 0) is 26.2 Å². The van der Waals surface area contributed by atoms with Crippen molar-refractivity contribution < 1.29 is 22.7 Å². The third kappa shape index (κ3) is 4.86. The fourth-order valence-electron chi connectivity index (χ4n) is 3.29. The highest BCUT2D eigenvalue weighted by atomic mass is 35.5. The summed E-state index contributed by atoms with van der Waals surface area (Å²) in [6.45, 7) is 1.64. The van der Waals surface area contributed by atoms with Crippen LogP contribution in [0.25, 0.3) is 0 Å². The molecule has 1 atom stereocenters. The number of halogens is 1. The van der Waals surface area contributed by atoms with E-state index in [9.17, 15) is 18.0 Å². The molecule has 0 N–H and O–H groups in total. The number of hydrogen-bond acceptors (Lipinski definition) is 5. The Hall–Kier alpha value is -2.22. The van der Waals surface area contributed by atoms with Crippen LogP contribution in [0, 0.1) is 0 Å². The van der Waals surface area contributed by atoms with Crippen molar-refractivity contribution in [3.8, 4) is 0 Å². The molecule has 29 heavy (non-hydrogen) atoms. The van der Waals surface area contributed by atoms with E-state index >= 15 is 0 Å².